The molecule has 3 heteroatoms. The molecule has 0 saturated heterocycles. The largest absolute Gasteiger partial charge is 0.326 e. The van der Waals surface area contributed by atoms with Crippen molar-refractivity contribution in [1.82, 2.24) is 0 Å². The molecule has 0 aromatic heterocycles. The average molecular weight is 322 g/mol. The van der Waals surface area contributed by atoms with Crippen LogP contribution in [0, 0.1) is 5.92 Å². The van der Waals surface area contributed by atoms with Gasteiger partial charge < -0.3 is 5.32 Å². The molecule has 1 fully saturated rings. The number of benzene rings is 1. The van der Waals surface area contributed by atoms with Crippen LogP contribution in [-0.2, 0) is 11.2 Å². The lowest BCUT2D eigenvalue weighted by atomic mass is 9.94. The summed E-state index contributed by atoms with van der Waals surface area (Å²) in [6, 6.07) is 6.48. The van der Waals surface area contributed by atoms with Gasteiger partial charge in [0.15, 0.2) is 0 Å². The second kappa shape index (κ2) is 5.66. The third kappa shape index (κ3) is 3.02. The first-order chi connectivity index (χ1) is 9.22. The molecule has 0 radical (unpaired) electrons. The maximum absolute atomic E-state index is 11.4. The van der Waals surface area contributed by atoms with E-state index in [1.807, 2.05) is 0 Å². The van der Waals surface area contributed by atoms with Gasteiger partial charge in [-0.2, -0.15) is 0 Å². The number of alkyl halides is 1. The molecule has 1 aromatic rings. The number of fused-ring (bicyclic) bond motifs is 1. The van der Waals surface area contributed by atoms with Crippen molar-refractivity contribution in [3.05, 3.63) is 29.3 Å². The average Bonchev–Trinajstić information content (AvgIpc) is 2.91. The van der Waals surface area contributed by atoms with E-state index in [0.717, 1.165) is 18.0 Å². The fraction of sp³-hybridized carbons (Fsp3) is 0.562. The van der Waals surface area contributed by atoms with E-state index in [1.54, 1.807) is 0 Å². The lowest BCUT2D eigenvalue weighted by Gasteiger charge is -2.20. The Hall–Kier alpha value is -0.830. The van der Waals surface area contributed by atoms with Crippen LogP contribution in [0.1, 0.15) is 54.5 Å². The minimum atomic E-state index is 0.140. The summed E-state index contributed by atoms with van der Waals surface area (Å²) in [7, 11) is 0. The molecule has 1 atom stereocenters. The number of amides is 1. The zero-order chi connectivity index (χ0) is 13.2. The SMILES string of the molecule is O=C1CCc2cc(C(Br)CC3CCCC3)ccc2N1. The molecule has 1 heterocycles. The van der Waals surface area contributed by atoms with Crippen LogP contribution in [0.15, 0.2) is 18.2 Å². The van der Waals surface area contributed by atoms with Gasteiger partial charge in [0.2, 0.25) is 5.91 Å². The molecule has 19 heavy (non-hydrogen) atoms. The standard InChI is InChI=1S/C16H20BrNO/c17-14(9-11-3-1-2-4-11)12-5-7-15-13(10-12)6-8-16(19)18-15/h5,7,10-11,14H,1-4,6,8-9H2,(H,18,19). The molecule has 1 aliphatic heterocycles. The highest BCUT2D eigenvalue weighted by atomic mass is 79.9. The number of hydrogen-bond acceptors (Lipinski definition) is 1. The number of anilines is 1. The third-order valence-electron chi connectivity index (χ3n) is 4.40. The van der Waals surface area contributed by atoms with Crippen molar-refractivity contribution >= 4 is 27.5 Å². The molecule has 0 spiro atoms. The number of nitrogens with one attached hydrogen (secondary N) is 1. The van der Waals surface area contributed by atoms with Gasteiger partial charge >= 0.3 is 0 Å². The number of rotatable bonds is 3. The molecule has 2 nitrogen and oxygen atoms in total. The van der Waals surface area contributed by atoms with E-state index in [2.05, 4.69) is 39.4 Å². The fourth-order valence-corrected chi connectivity index (χ4v) is 4.09. The van der Waals surface area contributed by atoms with Gasteiger partial charge in [-0.15, -0.1) is 0 Å². The second-order valence-corrected chi connectivity index (χ2v) is 6.92. The van der Waals surface area contributed by atoms with Crippen LogP contribution in [0.4, 0.5) is 5.69 Å². The van der Waals surface area contributed by atoms with Crippen molar-refractivity contribution in [3.8, 4) is 0 Å². The number of carbonyl (C=O) groups is 1. The first-order valence-corrected chi connectivity index (χ1v) is 8.20. The summed E-state index contributed by atoms with van der Waals surface area (Å²) in [4.78, 5) is 11.8. The number of hydrogen-bond donors (Lipinski definition) is 1. The Morgan fingerprint density at radius 2 is 2.05 bits per heavy atom. The van der Waals surface area contributed by atoms with Crippen LogP contribution in [0.2, 0.25) is 0 Å². The number of aryl methyl sites for hydroxylation is 1. The molecule has 2 aliphatic rings. The Balaban J connectivity index is 1.72. The second-order valence-electron chi connectivity index (χ2n) is 5.82. The highest BCUT2D eigenvalue weighted by molar-refractivity contribution is 9.09. The zero-order valence-corrected chi connectivity index (χ0v) is 12.7. The lowest BCUT2D eigenvalue weighted by molar-refractivity contribution is -0.116. The Labute approximate surface area is 123 Å². The van der Waals surface area contributed by atoms with Gasteiger partial charge in [-0.25, -0.2) is 0 Å². The van der Waals surface area contributed by atoms with E-state index >= 15 is 0 Å². The molecule has 1 unspecified atom stereocenters. The molecule has 1 aliphatic carbocycles. The molecular formula is C16H20BrNO. The van der Waals surface area contributed by atoms with Gasteiger partial charge in [-0.05, 0) is 36.0 Å². The van der Waals surface area contributed by atoms with E-state index in [4.69, 9.17) is 0 Å². The zero-order valence-electron chi connectivity index (χ0n) is 11.1. The first kappa shape index (κ1) is 13.2. The maximum Gasteiger partial charge on any atom is 0.224 e. The molecule has 1 N–H and O–H groups in total. The molecular weight excluding hydrogens is 302 g/mol. The molecule has 1 aromatic carbocycles. The fourth-order valence-electron chi connectivity index (χ4n) is 3.27. The Bertz CT molecular complexity index is 480. The normalized spacial score (nSPS) is 21.0. The van der Waals surface area contributed by atoms with E-state index in [-0.39, 0.29) is 5.91 Å². The monoisotopic (exact) mass is 321 g/mol. The molecule has 3 rings (SSSR count). The summed E-state index contributed by atoms with van der Waals surface area (Å²) < 4.78 is 0. The van der Waals surface area contributed by atoms with Gasteiger partial charge in [0.1, 0.15) is 0 Å². The van der Waals surface area contributed by atoms with Crippen LogP contribution in [0.3, 0.4) is 0 Å². The Kier molecular flexibility index (Phi) is 3.92. The third-order valence-corrected chi connectivity index (χ3v) is 5.30. The van der Waals surface area contributed by atoms with Crippen LogP contribution in [0.25, 0.3) is 0 Å². The minimum Gasteiger partial charge on any atom is -0.326 e. The topological polar surface area (TPSA) is 29.1 Å². The summed E-state index contributed by atoms with van der Waals surface area (Å²) in [5, 5.41) is 2.94. The van der Waals surface area contributed by atoms with E-state index < -0.39 is 0 Å². The Morgan fingerprint density at radius 3 is 2.84 bits per heavy atom. The van der Waals surface area contributed by atoms with E-state index in [9.17, 15) is 4.79 Å². The van der Waals surface area contributed by atoms with Crippen molar-refractivity contribution < 1.29 is 4.79 Å². The van der Waals surface area contributed by atoms with Gasteiger partial charge in [0.05, 0.1) is 0 Å². The van der Waals surface area contributed by atoms with Crippen molar-refractivity contribution in [2.75, 3.05) is 5.32 Å². The quantitative estimate of drug-likeness (QED) is 0.811. The summed E-state index contributed by atoms with van der Waals surface area (Å²) in [6.45, 7) is 0. The van der Waals surface area contributed by atoms with E-state index in [1.165, 1.54) is 43.2 Å². The van der Waals surface area contributed by atoms with Crippen LogP contribution in [-0.4, -0.2) is 5.91 Å². The first-order valence-electron chi connectivity index (χ1n) is 7.29. The highest BCUT2D eigenvalue weighted by Crippen LogP contribution is 2.38. The summed E-state index contributed by atoms with van der Waals surface area (Å²) in [5.74, 6) is 1.03. The molecule has 1 amide bonds. The minimum absolute atomic E-state index is 0.140. The Morgan fingerprint density at radius 1 is 1.26 bits per heavy atom. The molecule has 1 saturated carbocycles. The van der Waals surface area contributed by atoms with Crippen molar-refractivity contribution in [3.63, 3.8) is 0 Å². The predicted octanol–water partition coefficient (Wildman–Crippen LogP) is 4.59. The van der Waals surface area contributed by atoms with Crippen molar-refractivity contribution in [2.24, 2.45) is 5.92 Å². The molecule has 0 bridgehead atoms. The number of halogens is 1. The smallest absolute Gasteiger partial charge is 0.224 e. The maximum atomic E-state index is 11.4. The highest BCUT2D eigenvalue weighted by Gasteiger charge is 2.21. The van der Waals surface area contributed by atoms with Gasteiger partial charge in [-0.3, -0.25) is 4.79 Å². The van der Waals surface area contributed by atoms with Crippen molar-refractivity contribution in [2.45, 2.75) is 49.8 Å². The predicted molar refractivity (Wildman–Crippen MR) is 81.6 cm³/mol. The summed E-state index contributed by atoms with van der Waals surface area (Å²) >= 11 is 3.85. The van der Waals surface area contributed by atoms with Gasteiger partial charge in [0.25, 0.3) is 0 Å². The van der Waals surface area contributed by atoms with Crippen LogP contribution < -0.4 is 5.32 Å². The van der Waals surface area contributed by atoms with E-state index in [0.29, 0.717) is 11.2 Å². The van der Waals surface area contributed by atoms with Crippen molar-refractivity contribution in [1.29, 1.82) is 0 Å². The molecule has 102 valence electrons. The van der Waals surface area contributed by atoms with Gasteiger partial charge in [-0.1, -0.05) is 53.7 Å². The number of carbonyl (C=O) groups excluding carboxylic acids is 1. The van der Waals surface area contributed by atoms with Crippen LogP contribution >= 0.6 is 15.9 Å². The summed E-state index contributed by atoms with van der Waals surface area (Å²) in [6.07, 6.45) is 8.32. The lowest BCUT2D eigenvalue weighted by Crippen LogP contribution is -2.19. The summed E-state index contributed by atoms with van der Waals surface area (Å²) in [5.41, 5.74) is 3.65. The van der Waals surface area contributed by atoms with Gasteiger partial charge in [0, 0.05) is 16.9 Å². The van der Waals surface area contributed by atoms with Crippen LogP contribution in [0.5, 0.6) is 0 Å².